The number of nitrogens with one attached hydrogen (secondary N) is 1. The van der Waals surface area contributed by atoms with Crippen LogP contribution in [0.3, 0.4) is 0 Å². The number of hydrogen-bond acceptors (Lipinski definition) is 5. The lowest BCUT2D eigenvalue weighted by Gasteiger charge is -2.35. The van der Waals surface area contributed by atoms with Gasteiger partial charge in [-0.3, -0.25) is 9.59 Å². The third-order valence-electron chi connectivity index (χ3n) is 6.00. The summed E-state index contributed by atoms with van der Waals surface area (Å²) >= 11 is 3.21. The summed E-state index contributed by atoms with van der Waals surface area (Å²) in [7, 11) is 0. The molecule has 160 valence electrons. The van der Waals surface area contributed by atoms with Gasteiger partial charge in [0.1, 0.15) is 0 Å². The molecule has 31 heavy (non-hydrogen) atoms. The zero-order valence-electron chi connectivity index (χ0n) is 17.5. The zero-order chi connectivity index (χ0) is 21.4. The molecular weight excluding hydrogens is 426 g/mol. The molecule has 1 N–H and O–H groups in total. The Kier molecular flexibility index (Phi) is 5.71. The first-order valence-corrected chi connectivity index (χ1v) is 12.7. The summed E-state index contributed by atoms with van der Waals surface area (Å²) in [6.45, 7) is 2.91. The molecule has 1 saturated carbocycles. The van der Waals surface area contributed by atoms with E-state index in [2.05, 4.69) is 23.7 Å². The molecule has 3 aromatic rings. The fourth-order valence-corrected chi connectivity index (χ4v) is 5.99. The number of thiophene rings is 1. The molecule has 1 fully saturated rings. The Labute approximate surface area is 190 Å². The molecule has 0 spiro atoms. The van der Waals surface area contributed by atoms with Crippen molar-refractivity contribution in [1.29, 1.82) is 0 Å². The molecule has 1 aliphatic carbocycles. The summed E-state index contributed by atoms with van der Waals surface area (Å²) in [5, 5.41) is 6.77. The van der Waals surface area contributed by atoms with E-state index in [4.69, 9.17) is 4.98 Å². The largest absolute Gasteiger partial charge is 0.349 e. The number of amides is 2. The molecule has 2 aromatic heterocycles. The lowest BCUT2D eigenvalue weighted by Crippen LogP contribution is -2.40. The first kappa shape index (κ1) is 20.5. The van der Waals surface area contributed by atoms with Crippen molar-refractivity contribution in [2.45, 2.75) is 49.7 Å². The number of fused-ring (bicyclic) bond motifs is 2. The van der Waals surface area contributed by atoms with Crippen molar-refractivity contribution in [2.24, 2.45) is 0 Å². The topological polar surface area (TPSA) is 62.3 Å². The third kappa shape index (κ3) is 4.21. The van der Waals surface area contributed by atoms with Gasteiger partial charge in [-0.05, 0) is 54.8 Å². The van der Waals surface area contributed by atoms with E-state index in [0.29, 0.717) is 22.4 Å². The molecule has 1 atom stereocenters. The summed E-state index contributed by atoms with van der Waals surface area (Å²) < 4.78 is 0. The Morgan fingerprint density at radius 2 is 2.10 bits per heavy atom. The first-order valence-electron chi connectivity index (χ1n) is 10.8. The summed E-state index contributed by atoms with van der Waals surface area (Å²) in [5.41, 5.74) is 2.73. The van der Waals surface area contributed by atoms with Gasteiger partial charge in [-0.2, -0.15) is 0 Å². The van der Waals surface area contributed by atoms with Gasteiger partial charge >= 0.3 is 0 Å². The van der Waals surface area contributed by atoms with E-state index < -0.39 is 0 Å². The summed E-state index contributed by atoms with van der Waals surface area (Å²) in [6, 6.07) is 12.2. The second-order valence-corrected chi connectivity index (χ2v) is 10.1. The predicted octanol–water partition coefficient (Wildman–Crippen LogP) is 4.82. The Hall–Kier alpha value is -2.38. The van der Waals surface area contributed by atoms with Crippen LogP contribution >= 0.6 is 23.1 Å². The Balaban J connectivity index is 1.34. The van der Waals surface area contributed by atoms with Crippen molar-refractivity contribution >= 4 is 45.8 Å². The average molecular weight is 452 g/mol. The fraction of sp³-hybridized carbons (Fsp3) is 0.375. The van der Waals surface area contributed by atoms with Crippen LogP contribution in [0.5, 0.6) is 0 Å². The zero-order valence-corrected chi connectivity index (χ0v) is 19.1. The highest BCUT2D eigenvalue weighted by Gasteiger charge is 2.30. The van der Waals surface area contributed by atoms with Gasteiger partial charge in [0.05, 0.1) is 27.9 Å². The number of aromatic nitrogens is 1. The maximum atomic E-state index is 13.1. The van der Waals surface area contributed by atoms with Crippen LogP contribution in [0, 0.1) is 0 Å². The van der Waals surface area contributed by atoms with Gasteiger partial charge in [-0.25, -0.2) is 4.98 Å². The second kappa shape index (κ2) is 8.63. The van der Waals surface area contributed by atoms with E-state index in [-0.39, 0.29) is 17.9 Å². The Morgan fingerprint density at radius 1 is 1.26 bits per heavy atom. The van der Waals surface area contributed by atoms with Crippen molar-refractivity contribution in [3.8, 4) is 0 Å². The van der Waals surface area contributed by atoms with Crippen LogP contribution in [0.25, 0.3) is 10.9 Å². The number of pyridine rings is 1. The number of carbonyl (C=O) groups excluding carboxylic acids is 2. The molecule has 2 amide bonds. The standard InChI is InChI=1S/C24H25N3O2S2/c1-2-20-17-10-12-30-21(17)9-11-27(20)23(28)14-31-22-13-18(24(29)25-15-7-8-15)16-5-3-4-6-19(16)26-22/h3-6,10,12-13,15,20H,2,7-9,11,14H2,1H3,(H,25,29). The van der Waals surface area contributed by atoms with Crippen molar-refractivity contribution < 1.29 is 9.59 Å². The molecule has 1 unspecified atom stereocenters. The minimum atomic E-state index is -0.0543. The molecule has 0 bridgehead atoms. The SMILES string of the molecule is CCC1c2ccsc2CCN1C(=O)CSc1cc(C(=O)NC2CC2)c2ccccc2n1. The Bertz CT molecular complexity index is 1140. The van der Waals surface area contributed by atoms with Crippen LogP contribution in [0.4, 0.5) is 0 Å². The molecule has 1 aliphatic heterocycles. The minimum absolute atomic E-state index is 0.0543. The number of benzene rings is 1. The van der Waals surface area contributed by atoms with Gasteiger partial charge in [0.2, 0.25) is 5.91 Å². The summed E-state index contributed by atoms with van der Waals surface area (Å²) in [6.07, 6.45) is 3.94. The first-order chi connectivity index (χ1) is 15.1. The predicted molar refractivity (Wildman–Crippen MR) is 126 cm³/mol. The van der Waals surface area contributed by atoms with Crippen LogP contribution in [0.2, 0.25) is 0 Å². The maximum Gasteiger partial charge on any atom is 0.252 e. The number of rotatable bonds is 6. The highest BCUT2D eigenvalue weighted by atomic mass is 32.2. The van der Waals surface area contributed by atoms with E-state index in [1.54, 1.807) is 11.3 Å². The monoisotopic (exact) mass is 451 g/mol. The number of carbonyl (C=O) groups is 2. The fourth-order valence-electron chi connectivity index (χ4n) is 4.26. The molecule has 5 rings (SSSR count). The molecule has 3 heterocycles. The average Bonchev–Trinajstić information content (AvgIpc) is 3.48. The maximum absolute atomic E-state index is 13.1. The van der Waals surface area contributed by atoms with Crippen LogP contribution in [-0.4, -0.2) is 40.0 Å². The quantitative estimate of drug-likeness (QED) is 0.546. The number of hydrogen-bond donors (Lipinski definition) is 1. The highest BCUT2D eigenvalue weighted by molar-refractivity contribution is 7.99. The third-order valence-corrected chi connectivity index (χ3v) is 7.89. The van der Waals surface area contributed by atoms with Gasteiger partial charge in [0.15, 0.2) is 0 Å². The molecule has 2 aliphatic rings. The number of nitrogens with zero attached hydrogens (tertiary/aromatic N) is 2. The van der Waals surface area contributed by atoms with Crippen LogP contribution < -0.4 is 5.32 Å². The van der Waals surface area contributed by atoms with E-state index in [9.17, 15) is 9.59 Å². The van der Waals surface area contributed by atoms with Crippen molar-refractivity contribution in [1.82, 2.24) is 15.2 Å². The van der Waals surface area contributed by atoms with Crippen molar-refractivity contribution in [3.63, 3.8) is 0 Å². The van der Waals surface area contributed by atoms with Gasteiger partial charge in [0.25, 0.3) is 5.91 Å². The van der Waals surface area contributed by atoms with Gasteiger partial charge in [-0.15, -0.1) is 11.3 Å². The number of thioether (sulfide) groups is 1. The second-order valence-electron chi connectivity index (χ2n) is 8.12. The normalized spacial score (nSPS) is 18.1. The molecule has 1 aromatic carbocycles. The van der Waals surface area contributed by atoms with Gasteiger partial charge < -0.3 is 10.2 Å². The highest BCUT2D eigenvalue weighted by Crippen LogP contribution is 2.36. The molecule has 0 radical (unpaired) electrons. The smallest absolute Gasteiger partial charge is 0.252 e. The van der Waals surface area contributed by atoms with E-state index >= 15 is 0 Å². The molecular formula is C24H25N3O2S2. The van der Waals surface area contributed by atoms with Crippen molar-refractivity contribution in [3.05, 3.63) is 57.8 Å². The summed E-state index contributed by atoms with van der Waals surface area (Å²) in [4.78, 5) is 34.0. The molecule has 7 heteroatoms. The minimum Gasteiger partial charge on any atom is -0.349 e. The van der Waals surface area contributed by atoms with Crippen LogP contribution in [0.15, 0.2) is 46.8 Å². The summed E-state index contributed by atoms with van der Waals surface area (Å²) in [5.74, 6) is 0.402. The van der Waals surface area contributed by atoms with E-state index in [1.165, 1.54) is 22.2 Å². The number of para-hydroxylation sites is 1. The van der Waals surface area contributed by atoms with Crippen LogP contribution in [0.1, 0.15) is 53.0 Å². The lowest BCUT2D eigenvalue weighted by atomic mass is 9.98. The van der Waals surface area contributed by atoms with Gasteiger partial charge in [0, 0.05) is 22.8 Å². The molecule has 0 saturated heterocycles. The molecule has 5 nitrogen and oxygen atoms in total. The van der Waals surface area contributed by atoms with Crippen LogP contribution in [-0.2, 0) is 11.2 Å². The van der Waals surface area contributed by atoms with Gasteiger partial charge in [-0.1, -0.05) is 36.9 Å². The van der Waals surface area contributed by atoms with E-state index in [1.807, 2.05) is 35.2 Å². The van der Waals surface area contributed by atoms with Crippen molar-refractivity contribution in [2.75, 3.05) is 12.3 Å². The lowest BCUT2D eigenvalue weighted by molar-refractivity contribution is -0.131. The van der Waals surface area contributed by atoms with E-state index in [0.717, 1.165) is 43.1 Å². The Morgan fingerprint density at radius 3 is 2.90 bits per heavy atom.